The van der Waals surface area contributed by atoms with Crippen molar-refractivity contribution in [3.05, 3.63) is 22.4 Å². The average molecular weight is 306 g/mol. The van der Waals surface area contributed by atoms with Crippen molar-refractivity contribution in [2.24, 2.45) is 5.92 Å². The lowest BCUT2D eigenvalue weighted by molar-refractivity contribution is -0.140. The number of hydrogen-bond donors (Lipinski definition) is 1. The van der Waals surface area contributed by atoms with E-state index >= 15 is 0 Å². The summed E-state index contributed by atoms with van der Waals surface area (Å²) in [6.45, 7) is 4.57. The van der Waals surface area contributed by atoms with Gasteiger partial charge in [0.1, 0.15) is 5.54 Å². The Hall–Kier alpha value is -1.36. The van der Waals surface area contributed by atoms with Crippen molar-refractivity contribution in [2.45, 2.75) is 51.1 Å². The summed E-state index contributed by atoms with van der Waals surface area (Å²) in [6, 6.07) is 4.10. The van der Waals surface area contributed by atoms with Crippen LogP contribution < -0.4 is 5.32 Å². The fourth-order valence-corrected chi connectivity index (χ4v) is 3.91. The van der Waals surface area contributed by atoms with Crippen LogP contribution >= 0.6 is 11.3 Å². The second kappa shape index (κ2) is 5.44. The molecule has 4 nitrogen and oxygen atoms in total. The van der Waals surface area contributed by atoms with Gasteiger partial charge in [0.2, 0.25) is 11.8 Å². The molecule has 1 N–H and O–H groups in total. The molecule has 2 heterocycles. The number of nitrogens with zero attached hydrogens (tertiary/aromatic N) is 1. The van der Waals surface area contributed by atoms with E-state index in [1.165, 1.54) is 4.88 Å². The van der Waals surface area contributed by atoms with Crippen LogP contribution in [0.5, 0.6) is 0 Å². The fourth-order valence-electron chi connectivity index (χ4n) is 3.22. The van der Waals surface area contributed by atoms with E-state index in [2.05, 4.69) is 16.8 Å². The highest BCUT2D eigenvalue weighted by Gasteiger charge is 2.52. The van der Waals surface area contributed by atoms with Gasteiger partial charge in [-0.2, -0.15) is 0 Å². The molecule has 114 valence electrons. The van der Waals surface area contributed by atoms with Gasteiger partial charge < -0.3 is 10.2 Å². The fraction of sp³-hybridized carbons (Fsp3) is 0.625. The van der Waals surface area contributed by atoms with Gasteiger partial charge in [-0.1, -0.05) is 6.07 Å². The van der Waals surface area contributed by atoms with Crippen LogP contribution in [0.15, 0.2) is 17.5 Å². The summed E-state index contributed by atoms with van der Waals surface area (Å²) in [5.74, 6) is 0.410. The second-order valence-corrected chi connectivity index (χ2v) is 7.44. The Morgan fingerprint density at radius 1 is 1.43 bits per heavy atom. The molecule has 1 saturated heterocycles. The first kappa shape index (κ1) is 14.6. The zero-order valence-electron chi connectivity index (χ0n) is 12.6. The van der Waals surface area contributed by atoms with Crippen LogP contribution in [0.2, 0.25) is 0 Å². The van der Waals surface area contributed by atoms with Crippen molar-refractivity contribution in [3.8, 4) is 0 Å². The molecule has 0 bridgehead atoms. The maximum atomic E-state index is 13.0. The van der Waals surface area contributed by atoms with Crippen molar-refractivity contribution < 1.29 is 9.59 Å². The zero-order chi connectivity index (χ0) is 15.0. The van der Waals surface area contributed by atoms with Crippen LogP contribution in [0.25, 0.3) is 0 Å². The van der Waals surface area contributed by atoms with Crippen LogP contribution in [0.1, 0.15) is 38.0 Å². The molecule has 0 spiro atoms. The topological polar surface area (TPSA) is 49.4 Å². The van der Waals surface area contributed by atoms with Gasteiger partial charge in [-0.25, -0.2) is 0 Å². The summed E-state index contributed by atoms with van der Waals surface area (Å²) in [4.78, 5) is 28.3. The molecule has 5 heteroatoms. The van der Waals surface area contributed by atoms with Gasteiger partial charge in [-0.15, -0.1) is 11.3 Å². The SMILES string of the molecule is CC1CC(=O)NC(C)(C2CC2)C(=O)N1CCc1cccs1. The highest BCUT2D eigenvalue weighted by Crippen LogP contribution is 2.41. The summed E-state index contributed by atoms with van der Waals surface area (Å²) in [5, 5.41) is 5.05. The monoisotopic (exact) mass is 306 g/mol. The van der Waals surface area contributed by atoms with E-state index in [1.54, 1.807) is 11.3 Å². The Labute approximate surface area is 129 Å². The number of hydrogen-bond acceptors (Lipinski definition) is 3. The van der Waals surface area contributed by atoms with Crippen LogP contribution in [0.3, 0.4) is 0 Å². The van der Waals surface area contributed by atoms with E-state index in [0.29, 0.717) is 18.9 Å². The van der Waals surface area contributed by atoms with Gasteiger partial charge in [0, 0.05) is 23.9 Å². The zero-order valence-corrected chi connectivity index (χ0v) is 13.4. The molecule has 1 aromatic rings. The molecular formula is C16H22N2O2S. The lowest BCUT2D eigenvalue weighted by Crippen LogP contribution is -2.57. The lowest BCUT2D eigenvalue weighted by Gasteiger charge is -2.34. The van der Waals surface area contributed by atoms with Gasteiger partial charge in [0.05, 0.1) is 0 Å². The molecule has 1 saturated carbocycles. The standard InChI is InChI=1S/C16H22N2O2S/c1-11-10-14(19)17-16(2,12-5-6-12)15(20)18(11)8-7-13-4-3-9-21-13/h3-4,9,11-12H,5-8,10H2,1-2H3,(H,17,19). The predicted molar refractivity (Wildman–Crippen MR) is 83.1 cm³/mol. The van der Waals surface area contributed by atoms with Gasteiger partial charge in [-0.3, -0.25) is 9.59 Å². The van der Waals surface area contributed by atoms with E-state index < -0.39 is 5.54 Å². The van der Waals surface area contributed by atoms with Crippen LogP contribution in [0, 0.1) is 5.92 Å². The van der Waals surface area contributed by atoms with Crippen LogP contribution in [-0.4, -0.2) is 34.8 Å². The largest absolute Gasteiger partial charge is 0.342 e. The molecule has 2 aliphatic rings. The molecule has 3 rings (SSSR count). The molecular weight excluding hydrogens is 284 g/mol. The van der Waals surface area contributed by atoms with Gasteiger partial charge >= 0.3 is 0 Å². The van der Waals surface area contributed by atoms with E-state index in [4.69, 9.17) is 0 Å². The maximum absolute atomic E-state index is 13.0. The molecule has 0 aromatic carbocycles. The molecule has 1 aliphatic carbocycles. The normalized spacial score (nSPS) is 30.2. The first-order valence-corrected chi connectivity index (χ1v) is 8.53. The lowest BCUT2D eigenvalue weighted by atomic mass is 9.94. The summed E-state index contributed by atoms with van der Waals surface area (Å²) in [7, 11) is 0. The molecule has 2 fully saturated rings. The van der Waals surface area contributed by atoms with Gasteiger partial charge in [0.25, 0.3) is 0 Å². The number of amides is 2. The Balaban J connectivity index is 1.78. The third kappa shape index (κ3) is 2.84. The van der Waals surface area contributed by atoms with Crippen molar-refractivity contribution in [2.75, 3.05) is 6.54 Å². The van der Waals surface area contributed by atoms with Crippen molar-refractivity contribution in [1.29, 1.82) is 0 Å². The number of rotatable bonds is 4. The van der Waals surface area contributed by atoms with E-state index in [9.17, 15) is 9.59 Å². The first-order valence-electron chi connectivity index (χ1n) is 7.65. The molecule has 21 heavy (non-hydrogen) atoms. The minimum Gasteiger partial charge on any atom is -0.342 e. The Morgan fingerprint density at radius 2 is 2.19 bits per heavy atom. The number of carbonyl (C=O) groups excluding carboxylic acids is 2. The average Bonchev–Trinajstić information content (AvgIpc) is 3.17. The molecule has 2 unspecified atom stereocenters. The van der Waals surface area contributed by atoms with Crippen LogP contribution in [-0.2, 0) is 16.0 Å². The van der Waals surface area contributed by atoms with E-state index in [0.717, 1.165) is 19.3 Å². The third-order valence-corrected chi connectivity index (χ3v) is 5.63. The summed E-state index contributed by atoms with van der Waals surface area (Å²) in [6.07, 6.45) is 3.34. The molecule has 1 aromatic heterocycles. The van der Waals surface area contributed by atoms with Crippen molar-refractivity contribution in [3.63, 3.8) is 0 Å². The van der Waals surface area contributed by atoms with Gasteiger partial charge in [-0.05, 0) is 50.5 Å². The summed E-state index contributed by atoms with van der Waals surface area (Å²) >= 11 is 1.72. The van der Waals surface area contributed by atoms with E-state index in [-0.39, 0.29) is 17.9 Å². The Morgan fingerprint density at radius 3 is 2.81 bits per heavy atom. The molecule has 0 radical (unpaired) electrons. The summed E-state index contributed by atoms with van der Waals surface area (Å²) in [5.41, 5.74) is -0.697. The quantitative estimate of drug-likeness (QED) is 0.927. The maximum Gasteiger partial charge on any atom is 0.248 e. The predicted octanol–water partition coefficient (Wildman–Crippen LogP) is 2.20. The van der Waals surface area contributed by atoms with Crippen molar-refractivity contribution >= 4 is 23.2 Å². The summed E-state index contributed by atoms with van der Waals surface area (Å²) < 4.78 is 0. The minimum atomic E-state index is -0.697. The number of thiophene rings is 1. The highest BCUT2D eigenvalue weighted by atomic mass is 32.1. The van der Waals surface area contributed by atoms with Gasteiger partial charge in [0.15, 0.2) is 0 Å². The van der Waals surface area contributed by atoms with E-state index in [1.807, 2.05) is 24.8 Å². The Kier molecular flexibility index (Phi) is 3.78. The molecule has 2 amide bonds. The molecule has 2 atom stereocenters. The van der Waals surface area contributed by atoms with Crippen molar-refractivity contribution in [1.82, 2.24) is 10.2 Å². The smallest absolute Gasteiger partial charge is 0.248 e. The third-order valence-electron chi connectivity index (χ3n) is 4.69. The minimum absolute atomic E-state index is 0.00359. The molecule has 1 aliphatic heterocycles. The second-order valence-electron chi connectivity index (χ2n) is 6.41. The first-order chi connectivity index (χ1) is 10.0. The number of carbonyl (C=O) groups is 2. The Bertz CT molecular complexity index is 538. The highest BCUT2D eigenvalue weighted by molar-refractivity contribution is 7.09. The number of nitrogens with one attached hydrogen (secondary N) is 1. The van der Waals surface area contributed by atoms with Crippen LogP contribution in [0.4, 0.5) is 0 Å².